The molecule has 4 rings (SSSR count). The molecule has 1 N–H and O–H groups in total. The summed E-state index contributed by atoms with van der Waals surface area (Å²) in [5.74, 6) is 1.36. The zero-order valence-corrected chi connectivity index (χ0v) is 16.5. The van der Waals surface area contributed by atoms with Crippen molar-refractivity contribution < 1.29 is 14.3 Å². The molecule has 0 unspecified atom stereocenters. The number of carbonyl (C=O) groups is 1. The topological polar surface area (TPSA) is 63.7 Å². The Morgan fingerprint density at radius 2 is 1.86 bits per heavy atom. The van der Waals surface area contributed by atoms with E-state index in [1.54, 1.807) is 26.5 Å². The lowest BCUT2D eigenvalue weighted by Crippen LogP contribution is -2.36. The van der Waals surface area contributed by atoms with Gasteiger partial charge in [-0.2, -0.15) is 0 Å². The molecule has 1 aliphatic heterocycles. The average molecular weight is 389 g/mol. The van der Waals surface area contributed by atoms with E-state index in [4.69, 9.17) is 9.47 Å². The molecule has 29 heavy (non-hydrogen) atoms. The van der Waals surface area contributed by atoms with Crippen LogP contribution in [0.4, 0.5) is 11.4 Å². The van der Waals surface area contributed by atoms with Crippen LogP contribution in [0.1, 0.15) is 21.6 Å². The summed E-state index contributed by atoms with van der Waals surface area (Å²) in [5.41, 5.74) is 4.48. The summed E-state index contributed by atoms with van der Waals surface area (Å²) in [6, 6.07) is 17.4. The summed E-state index contributed by atoms with van der Waals surface area (Å²) in [7, 11) is 3.23. The molecule has 2 heterocycles. The Hall–Kier alpha value is -3.54. The lowest BCUT2D eigenvalue weighted by molar-refractivity contribution is 0.0729. The molecule has 0 saturated heterocycles. The second-order valence-corrected chi connectivity index (χ2v) is 6.87. The van der Waals surface area contributed by atoms with E-state index in [1.165, 1.54) is 11.1 Å². The zero-order chi connectivity index (χ0) is 20.2. The Labute approximate surface area is 170 Å². The molecule has 6 heteroatoms. The lowest BCUT2D eigenvalue weighted by Gasteiger charge is -2.28. The van der Waals surface area contributed by atoms with Gasteiger partial charge >= 0.3 is 0 Å². The van der Waals surface area contributed by atoms with Crippen molar-refractivity contribution in [3.05, 3.63) is 77.6 Å². The largest absolute Gasteiger partial charge is 0.497 e. The maximum absolute atomic E-state index is 12.9. The minimum absolute atomic E-state index is 0.0509. The maximum atomic E-state index is 12.9. The third-order valence-electron chi connectivity index (χ3n) is 5.09. The number of fused-ring (bicyclic) bond motifs is 1. The van der Waals surface area contributed by atoms with Crippen LogP contribution in [-0.2, 0) is 13.0 Å². The summed E-state index contributed by atoms with van der Waals surface area (Å²) in [6.07, 6.45) is 2.53. The molecule has 0 saturated carbocycles. The number of nitrogens with zero attached hydrogens (tertiary/aromatic N) is 2. The maximum Gasteiger partial charge on any atom is 0.272 e. The summed E-state index contributed by atoms with van der Waals surface area (Å²) >= 11 is 0. The Morgan fingerprint density at radius 1 is 1.03 bits per heavy atom. The van der Waals surface area contributed by atoms with E-state index in [9.17, 15) is 4.79 Å². The predicted octanol–water partition coefficient (Wildman–Crippen LogP) is 4.04. The van der Waals surface area contributed by atoms with Crippen LogP contribution in [0, 0.1) is 0 Å². The van der Waals surface area contributed by atoms with E-state index in [0.717, 1.165) is 23.5 Å². The van der Waals surface area contributed by atoms with Crippen molar-refractivity contribution in [1.82, 2.24) is 9.88 Å². The second-order valence-electron chi connectivity index (χ2n) is 6.87. The quantitative estimate of drug-likeness (QED) is 0.713. The molecule has 148 valence electrons. The number of hydrogen-bond acceptors (Lipinski definition) is 5. The van der Waals surface area contributed by atoms with Crippen LogP contribution in [-0.4, -0.2) is 36.6 Å². The third kappa shape index (κ3) is 4.01. The van der Waals surface area contributed by atoms with Crippen LogP contribution in [0.3, 0.4) is 0 Å². The van der Waals surface area contributed by atoms with Gasteiger partial charge in [0.2, 0.25) is 0 Å². The van der Waals surface area contributed by atoms with Crippen molar-refractivity contribution >= 4 is 17.3 Å². The number of ether oxygens (including phenoxy) is 2. The van der Waals surface area contributed by atoms with Crippen molar-refractivity contribution in [2.24, 2.45) is 0 Å². The molecule has 1 amide bonds. The number of methoxy groups -OCH3 is 2. The van der Waals surface area contributed by atoms with Gasteiger partial charge in [-0.05, 0) is 41.8 Å². The van der Waals surface area contributed by atoms with E-state index >= 15 is 0 Å². The number of aromatic nitrogens is 1. The minimum atomic E-state index is -0.0509. The molecule has 0 radical (unpaired) electrons. The van der Waals surface area contributed by atoms with Crippen molar-refractivity contribution in [2.75, 3.05) is 26.1 Å². The van der Waals surface area contributed by atoms with Gasteiger partial charge in [0.15, 0.2) is 0 Å². The van der Waals surface area contributed by atoms with Gasteiger partial charge in [0.05, 0.1) is 31.8 Å². The van der Waals surface area contributed by atoms with Crippen LogP contribution in [0.5, 0.6) is 11.5 Å². The summed E-state index contributed by atoms with van der Waals surface area (Å²) in [4.78, 5) is 19.1. The molecular formula is C23H23N3O3. The van der Waals surface area contributed by atoms with Crippen LogP contribution in [0.15, 0.2) is 60.8 Å². The number of hydrogen-bond donors (Lipinski definition) is 1. The normalized spacial score (nSPS) is 12.8. The van der Waals surface area contributed by atoms with E-state index in [-0.39, 0.29) is 5.91 Å². The van der Waals surface area contributed by atoms with Crippen LogP contribution < -0.4 is 14.8 Å². The van der Waals surface area contributed by atoms with Crippen molar-refractivity contribution in [3.63, 3.8) is 0 Å². The van der Waals surface area contributed by atoms with E-state index in [2.05, 4.69) is 22.4 Å². The number of anilines is 2. The molecule has 1 aromatic heterocycles. The van der Waals surface area contributed by atoms with Crippen molar-refractivity contribution in [1.29, 1.82) is 0 Å². The first-order valence-electron chi connectivity index (χ1n) is 9.49. The van der Waals surface area contributed by atoms with Crippen molar-refractivity contribution in [2.45, 2.75) is 13.0 Å². The van der Waals surface area contributed by atoms with Crippen molar-refractivity contribution in [3.8, 4) is 11.5 Å². The number of rotatable bonds is 5. The highest BCUT2D eigenvalue weighted by Gasteiger charge is 2.22. The van der Waals surface area contributed by atoms with E-state index in [1.807, 2.05) is 41.3 Å². The highest BCUT2D eigenvalue weighted by Crippen LogP contribution is 2.31. The fraction of sp³-hybridized carbons (Fsp3) is 0.217. The van der Waals surface area contributed by atoms with Crippen LogP contribution in [0.25, 0.3) is 0 Å². The first-order valence-corrected chi connectivity index (χ1v) is 9.49. The third-order valence-corrected chi connectivity index (χ3v) is 5.09. The molecule has 0 fully saturated rings. The Morgan fingerprint density at radius 3 is 2.59 bits per heavy atom. The molecule has 6 nitrogen and oxygen atoms in total. The van der Waals surface area contributed by atoms with Gasteiger partial charge in [0, 0.05) is 19.2 Å². The molecule has 0 aliphatic carbocycles. The van der Waals surface area contributed by atoms with Gasteiger partial charge in [0.1, 0.15) is 17.2 Å². The summed E-state index contributed by atoms with van der Waals surface area (Å²) in [5, 5.41) is 3.26. The molecule has 1 aliphatic rings. The van der Waals surface area contributed by atoms with Crippen LogP contribution >= 0.6 is 0 Å². The monoisotopic (exact) mass is 389 g/mol. The molecule has 0 spiro atoms. The Kier molecular flexibility index (Phi) is 5.33. The van der Waals surface area contributed by atoms with Crippen LogP contribution in [0.2, 0.25) is 0 Å². The van der Waals surface area contributed by atoms with E-state index < -0.39 is 0 Å². The minimum Gasteiger partial charge on any atom is -0.497 e. The first-order chi connectivity index (χ1) is 14.2. The average Bonchev–Trinajstić information content (AvgIpc) is 2.78. The van der Waals surface area contributed by atoms with Gasteiger partial charge < -0.3 is 19.7 Å². The van der Waals surface area contributed by atoms with Gasteiger partial charge in [-0.1, -0.05) is 24.3 Å². The number of pyridine rings is 1. The van der Waals surface area contributed by atoms with Gasteiger partial charge in [-0.15, -0.1) is 0 Å². The number of carbonyl (C=O) groups excluding carboxylic acids is 1. The van der Waals surface area contributed by atoms with Gasteiger partial charge in [-0.3, -0.25) is 4.79 Å². The Bertz CT molecular complexity index is 1020. The molecule has 2 aromatic carbocycles. The molecule has 0 atom stereocenters. The number of benzene rings is 2. The molecule has 3 aromatic rings. The van der Waals surface area contributed by atoms with Gasteiger partial charge in [0.25, 0.3) is 5.91 Å². The Balaban J connectivity index is 1.48. The smallest absolute Gasteiger partial charge is 0.272 e. The predicted molar refractivity (Wildman–Crippen MR) is 112 cm³/mol. The zero-order valence-electron chi connectivity index (χ0n) is 16.5. The lowest BCUT2D eigenvalue weighted by atomic mass is 10.00. The number of amides is 1. The fourth-order valence-corrected chi connectivity index (χ4v) is 3.49. The highest BCUT2D eigenvalue weighted by molar-refractivity contribution is 5.92. The summed E-state index contributed by atoms with van der Waals surface area (Å²) < 4.78 is 10.7. The number of nitrogens with one attached hydrogen (secondary N) is 1. The highest BCUT2D eigenvalue weighted by atomic mass is 16.5. The standard InChI is InChI=1S/C23H23N3O3/c1-28-19-8-10-22(29-2)21(13-19)25-18-7-9-20(24-14-18)23(27)26-12-11-16-5-3-4-6-17(16)15-26/h3-10,13-14,25H,11-12,15H2,1-2H3. The summed E-state index contributed by atoms with van der Waals surface area (Å²) in [6.45, 7) is 1.33. The van der Waals surface area contributed by atoms with Gasteiger partial charge in [-0.25, -0.2) is 4.98 Å². The molecule has 0 bridgehead atoms. The molecular weight excluding hydrogens is 366 g/mol. The SMILES string of the molecule is COc1ccc(OC)c(Nc2ccc(C(=O)N3CCc4ccccc4C3)nc2)c1. The fourth-order valence-electron chi connectivity index (χ4n) is 3.49. The van der Waals surface area contributed by atoms with E-state index in [0.29, 0.717) is 24.5 Å². The second kappa shape index (κ2) is 8.22. The first kappa shape index (κ1) is 18.8.